The number of fused-ring (bicyclic) bond motifs is 1. The third-order valence-corrected chi connectivity index (χ3v) is 8.23. The first-order valence-electron chi connectivity index (χ1n) is 14.4. The molecule has 1 amide bonds. The van der Waals surface area contributed by atoms with Gasteiger partial charge in [0.05, 0.1) is 17.6 Å². The first kappa shape index (κ1) is 25.5. The predicted octanol–water partition coefficient (Wildman–Crippen LogP) is 7.64. The van der Waals surface area contributed by atoms with Gasteiger partial charge in [0, 0.05) is 37.7 Å². The lowest BCUT2D eigenvalue weighted by Gasteiger charge is -2.31. The van der Waals surface area contributed by atoms with E-state index in [0.717, 1.165) is 60.1 Å². The SMILES string of the molecule is CC(=O)N1CCC(COc2cccc(Oc3ccc(-c4nc5ccccc5n4C4CCCCC4)cc3)c2)CC1. The summed E-state index contributed by atoms with van der Waals surface area (Å²) in [5.74, 6) is 4.01. The van der Waals surface area contributed by atoms with E-state index >= 15 is 0 Å². The van der Waals surface area contributed by atoms with Crippen molar-refractivity contribution >= 4 is 16.9 Å². The molecule has 0 spiro atoms. The van der Waals surface area contributed by atoms with Crippen LogP contribution in [0.3, 0.4) is 0 Å². The number of ether oxygens (including phenoxy) is 2. The van der Waals surface area contributed by atoms with Crippen molar-refractivity contribution in [2.45, 2.75) is 57.9 Å². The summed E-state index contributed by atoms with van der Waals surface area (Å²) in [6.07, 6.45) is 8.29. The molecule has 0 unspecified atom stereocenters. The maximum atomic E-state index is 11.6. The van der Waals surface area contributed by atoms with Gasteiger partial charge in [0.15, 0.2) is 0 Å². The second kappa shape index (κ2) is 11.5. The Bertz CT molecular complexity index is 1410. The van der Waals surface area contributed by atoms with Crippen molar-refractivity contribution in [3.8, 4) is 28.6 Å². The molecule has 0 N–H and O–H groups in total. The number of carbonyl (C=O) groups excluding carboxylic acids is 1. The number of para-hydroxylation sites is 2. The van der Waals surface area contributed by atoms with E-state index in [1.807, 2.05) is 41.3 Å². The lowest BCUT2D eigenvalue weighted by atomic mass is 9.95. The third kappa shape index (κ3) is 5.80. The number of likely N-dealkylation sites (tertiary alicyclic amines) is 1. The fourth-order valence-corrected chi connectivity index (χ4v) is 6.02. The Balaban J connectivity index is 1.13. The zero-order valence-corrected chi connectivity index (χ0v) is 22.7. The molecule has 3 aromatic carbocycles. The van der Waals surface area contributed by atoms with Gasteiger partial charge >= 0.3 is 0 Å². The van der Waals surface area contributed by atoms with Crippen LogP contribution in [0.2, 0.25) is 0 Å². The molecule has 1 aliphatic carbocycles. The average Bonchev–Trinajstić information content (AvgIpc) is 3.37. The van der Waals surface area contributed by atoms with Gasteiger partial charge in [-0.2, -0.15) is 0 Å². The molecule has 0 atom stereocenters. The van der Waals surface area contributed by atoms with E-state index in [1.54, 1.807) is 6.92 Å². The summed E-state index contributed by atoms with van der Waals surface area (Å²) < 4.78 is 14.8. The monoisotopic (exact) mass is 523 g/mol. The lowest BCUT2D eigenvalue weighted by Crippen LogP contribution is -2.38. The minimum absolute atomic E-state index is 0.162. The van der Waals surface area contributed by atoms with E-state index in [1.165, 1.54) is 37.6 Å². The van der Waals surface area contributed by atoms with E-state index in [0.29, 0.717) is 18.6 Å². The van der Waals surface area contributed by atoms with Crippen LogP contribution in [0.15, 0.2) is 72.8 Å². The second-order valence-electron chi connectivity index (χ2n) is 10.9. The molecule has 6 nitrogen and oxygen atoms in total. The van der Waals surface area contributed by atoms with Crippen LogP contribution < -0.4 is 9.47 Å². The number of carbonyl (C=O) groups is 1. The molecule has 1 aliphatic heterocycles. The van der Waals surface area contributed by atoms with Crippen LogP contribution in [0.4, 0.5) is 0 Å². The van der Waals surface area contributed by atoms with Crippen molar-refractivity contribution in [3.63, 3.8) is 0 Å². The summed E-state index contributed by atoms with van der Waals surface area (Å²) in [4.78, 5) is 18.5. The van der Waals surface area contributed by atoms with Crippen LogP contribution in [-0.2, 0) is 4.79 Å². The van der Waals surface area contributed by atoms with E-state index in [2.05, 4.69) is 41.0 Å². The molecule has 202 valence electrons. The summed E-state index contributed by atoms with van der Waals surface area (Å²) in [6, 6.07) is 25.1. The van der Waals surface area contributed by atoms with Gasteiger partial charge in [0.1, 0.15) is 23.1 Å². The molecule has 6 rings (SSSR count). The Hall–Kier alpha value is -3.80. The summed E-state index contributed by atoms with van der Waals surface area (Å²) in [5, 5.41) is 0. The Labute approximate surface area is 230 Å². The van der Waals surface area contributed by atoms with Crippen molar-refractivity contribution in [1.29, 1.82) is 0 Å². The molecule has 4 aromatic rings. The van der Waals surface area contributed by atoms with Gasteiger partial charge in [-0.1, -0.05) is 37.5 Å². The smallest absolute Gasteiger partial charge is 0.219 e. The highest BCUT2D eigenvalue weighted by molar-refractivity contribution is 5.81. The Kier molecular flexibility index (Phi) is 7.53. The van der Waals surface area contributed by atoms with Crippen LogP contribution in [-0.4, -0.2) is 40.1 Å². The van der Waals surface area contributed by atoms with Crippen LogP contribution in [0.5, 0.6) is 17.2 Å². The minimum Gasteiger partial charge on any atom is -0.493 e. The number of rotatable bonds is 7. The number of nitrogens with zero attached hydrogens (tertiary/aromatic N) is 3. The highest BCUT2D eigenvalue weighted by Gasteiger charge is 2.23. The number of hydrogen-bond donors (Lipinski definition) is 0. The quantitative estimate of drug-likeness (QED) is 0.250. The van der Waals surface area contributed by atoms with Gasteiger partial charge in [-0.15, -0.1) is 0 Å². The van der Waals surface area contributed by atoms with E-state index in [-0.39, 0.29) is 5.91 Å². The standard InChI is InChI=1S/C33H37N3O3/c1-24(37)35-20-18-25(19-21-35)23-38-29-10-7-11-30(22-29)39-28-16-14-26(15-17-28)33-34-31-12-5-6-13-32(31)36(33)27-8-3-2-4-9-27/h5-7,10-17,22,25,27H,2-4,8-9,18-21,23H2,1H3. The lowest BCUT2D eigenvalue weighted by molar-refractivity contribution is -0.130. The largest absolute Gasteiger partial charge is 0.493 e. The van der Waals surface area contributed by atoms with Crippen molar-refractivity contribution in [2.75, 3.05) is 19.7 Å². The van der Waals surface area contributed by atoms with E-state index < -0.39 is 0 Å². The molecule has 39 heavy (non-hydrogen) atoms. The zero-order valence-electron chi connectivity index (χ0n) is 22.7. The highest BCUT2D eigenvalue weighted by Crippen LogP contribution is 2.36. The summed E-state index contributed by atoms with van der Waals surface area (Å²) in [7, 11) is 0. The predicted molar refractivity (Wildman–Crippen MR) is 154 cm³/mol. The van der Waals surface area contributed by atoms with Crippen molar-refractivity contribution in [3.05, 3.63) is 72.8 Å². The Morgan fingerprint density at radius 3 is 2.36 bits per heavy atom. The summed E-state index contributed by atoms with van der Waals surface area (Å²) in [5.41, 5.74) is 3.39. The van der Waals surface area contributed by atoms with Crippen LogP contribution in [0, 0.1) is 5.92 Å². The molecular formula is C33H37N3O3. The molecule has 1 saturated carbocycles. The molecule has 2 heterocycles. The normalized spacial score (nSPS) is 16.9. The molecule has 6 heteroatoms. The van der Waals surface area contributed by atoms with Crippen molar-refractivity contribution < 1.29 is 14.3 Å². The Morgan fingerprint density at radius 2 is 1.59 bits per heavy atom. The first-order chi connectivity index (χ1) is 19.1. The second-order valence-corrected chi connectivity index (χ2v) is 10.9. The van der Waals surface area contributed by atoms with Gasteiger partial charge in [0.2, 0.25) is 5.91 Å². The maximum Gasteiger partial charge on any atom is 0.219 e. The highest BCUT2D eigenvalue weighted by atomic mass is 16.5. The fourth-order valence-electron chi connectivity index (χ4n) is 6.02. The van der Waals surface area contributed by atoms with Crippen LogP contribution >= 0.6 is 0 Å². The molecule has 0 radical (unpaired) electrons. The number of aromatic nitrogens is 2. The number of imidazole rings is 1. The summed E-state index contributed by atoms with van der Waals surface area (Å²) in [6.45, 7) is 3.94. The number of piperidine rings is 1. The third-order valence-electron chi connectivity index (χ3n) is 8.23. The maximum absolute atomic E-state index is 11.6. The zero-order chi connectivity index (χ0) is 26.6. The van der Waals surface area contributed by atoms with Crippen LogP contribution in [0.25, 0.3) is 22.4 Å². The van der Waals surface area contributed by atoms with Crippen molar-refractivity contribution in [2.24, 2.45) is 5.92 Å². The van der Waals surface area contributed by atoms with Gasteiger partial charge in [0.25, 0.3) is 0 Å². The molecule has 0 bridgehead atoms. The fraction of sp³-hybridized carbons (Fsp3) is 0.394. The number of benzene rings is 3. The molecule has 2 aliphatic rings. The van der Waals surface area contributed by atoms with E-state index in [4.69, 9.17) is 14.5 Å². The number of amides is 1. The topological polar surface area (TPSA) is 56.6 Å². The van der Waals surface area contributed by atoms with Crippen LogP contribution in [0.1, 0.15) is 57.9 Å². The van der Waals surface area contributed by atoms with Gasteiger partial charge in [-0.3, -0.25) is 4.79 Å². The Morgan fingerprint density at radius 1 is 0.846 bits per heavy atom. The molecule has 2 fully saturated rings. The van der Waals surface area contributed by atoms with Gasteiger partial charge in [-0.25, -0.2) is 4.98 Å². The first-order valence-corrected chi connectivity index (χ1v) is 14.4. The average molecular weight is 524 g/mol. The minimum atomic E-state index is 0.162. The van der Waals surface area contributed by atoms with E-state index in [9.17, 15) is 4.79 Å². The molecule has 1 aromatic heterocycles. The molecular weight excluding hydrogens is 486 g/mol. The van der Waals surface area contributed by atoms with Crippen molar-refractivity contribution in [1.82, 2.24) is 14.5 Å². The summed E-state index contributed by atoms with van der Waals surface area (Å²) >= 11 is 0. The molecule has 1 saturated heterocycles. The van der Waals surface area contributed by atoms with Gasteiger partial charge in [-0.05, 0) is 80.1 Å². The number of hydrogen-bond acceptors (Lipinski definition) is 4. The van der Waals surface area contributed by atoms with Gasteiger partial charge < -0.3 is 18.9 Å².